The van der Waals surface area contributed by atoms with Crippen molar-refractivity contribution in [1.82, 2.24) is 4.98 Å². The highest BCUT2D eigenvalue weighted by Gasteiger charge is 2.40. The van der Waals surface area contributed by atoms with Crippen LogP contribution in [0.3, 0.4) is 0 Å². The Balaban J connectivity index is 1.42. The summed E-state index contributed by atoms with van der Waals surface area (Å²) in [6.07, 6.45) is 1.44. The highest BCUT2D eigenvalue weighted by atomic mass is 16.7. The molecule has 6 nitrogen and oxygen atoms in total. The SMILES string of the molecule is Cc1ccc(-c2nc(Cc3cccc(C[C@H]4CO[C@@](C)(C(=O)O)OC4)c3)c(C)o2)cc1. The predicted octanol–water partition coefficient (Wildman–Crippen LogP) is 4.56. The Bertz CT molecular complexity index is 1060. The van der Waals surface area contributed by atoms with Crippen molar-refractivity contribution in [2.24, 2.45) is 5.92 Å². The van der Waals surface area contributed by atoms with Crippen molar-refractivity contribution in [3.05, 3.63) is 76.7 Å². The smallest absolute Gasteiger partial charge is 0.364 e. The Morgan fingerprint density at radius 1 is 1.10 bits per heavy atom. The number of carboxylic acids is 1. The number of aryl methyl sites for hydroxylation is 2. The zero-order chi connectivity index (χ0) is 22.0. The van der Waals surface area contributed by atoms with Crippen molar-refractivity contribution in [2.75, 3.05) is 13.2 Å². The van der Waals surface area contributed by atoms with E-state index in [0.29, 0.717) is 25.5 Å². The van der Waals surface area contributed by atoms with E-state index in [-0.39, 0.29) is 5.92 Å². The Hall–Kier alpha value is -2.96. The van der Waals surface area contributed by atoms with Crippen LogP contribution in [0.4, 0.5) is 0 Å². The number of hydrogen-bond donors (Lipinski definition) is 1. The molecule has 0 aliphatic carbocycles. The third-order valence-corrected chi connectivity index (χ3v) is 5.66. The van der Waals surface area contributed by atoms with Gasteiger partial charge in [0.1, 0.15) is 5.76 Å². The summed E-state index contributed by atoms with van der Waals surface area (Å²) in [5, 5.41) is 9.20. The molecule has 0 saturated carbocycles. The molecule has 1 aliphatic rings. The second-order valence-electron chi connectivity index (χ2n) is 8.33. The van der Waals surface area contributed by atoms with E-state index < -0.39 is 11.8 Å². The van der Waals surface area contributed by atoms with Crippen molar-refractivity contribution in [2.45, 2.75) is 39.4 Å². The second-order valence-corrected chi connectivity index (χ2v) is 8.33. The first-order valence-corrected chi connectivity index (χ1v) is 10.4. The van der Waals surface area contributed by atoms with Gasteiger partial charge in [-0.25, -0.2) is 9.78 Å². The van der Waals surface area contributed by atoms with Crippen molar-refractivity contribution in [1.29, 1.82) is 0 Å². The fraction of sp³-hybridized carbons (Fsp3) is 0.360. The van der Waals surface area contributed by atoms with Crippen molar-refractivity contribution >= 4 is 5.97 Å². The predicted molar refractivity (Wildman–Crippen MR) is 116 cm³/mol. The van der Waals surface area contributed by atoms with E-state index in [9.17, 15) is 9.90 Å². The van der Waals surface area contributed by atoms with E-state index in [1.54, 1.807) is 0 Å². The van der Waals surface area contributed by atoms with Crippen LogP contribution in [0.15, 0.2) is 52.9 Å². The topological polar surface area (TPSA) is 81.8 Å². The summed E-state index contributed by atoms with van der Waals surface area (Å²) < 4.78 is 16.8. The lowest BCUT2D eigenvalue weighted by molar-refractivity contribution is -0.270. The minimum atomic E-state index is -1.54. The van der Waals surface area contributed by atoms with Gasteiger partial charge in [0.2, 0.25) is 5.89 Å². The molecule has 0 amide bonds. The monoisotopic (exact) mass is 421 g/mol. The Kier molecular flexibility index (Phi) is 5.94. The Morgan fingerprint density at radius 3 is 2.45 bits per heavy atom. The number of aromatic nitrogens is 1. The van der Waals surface area contributed by atoms with Gasteiger partial charge in [-0.15, -0.1) is 0 Å². The molecule has 0 spiro atoms. The summed E-state index contributed by atoms with van der Waals surface area (Å²) in [7, 11) is 0. The van der Waals surface area contributed by atoms with Gasteiger partial charge in [-0.1, -0.05) is 42.0 Å². The van der Waals surface area contributed by atoms with E-state index >= 15 is 0 Å². The molecule has 1 fully saturated rings. The number of rotatable bonds is 6. The highest BCUT2D eigenvalue weighted by Crippen LogP contribution is 2.26. The summed E-state index contributed by atoms with van der Waals surface area (Å²) in [4.78, 5) is 16.0. The summed E-state index contributed by atoms with van der Waals surface area (Å²) in [6.45, 7) is 6.15. The van der Waals surface area contributed by atoms with Crippen LogP contribution in [0.1, 0.15) is 35.1 Å². The third-order valence-electron chi connectivity index (χ3n) is 5.66. The molecule has 4 rings (SSSR count). The number of carboxylic acid groups (broad SMARTS) is 1. The molecule has 2 heterocycles. The number of aliphatic carboxylic acids is 1. The molecule has 1 aliphatic heterocycles. The van der Waals surface area contributed by atoms with E-state index in [1.807, 2.05) is 25.1 Å². The van der Waals surface area contributed by atoms with Crippen molar-refractivity contribution in [3.63, 3.8) is 0 Å². The van der Waals surface area contributed by atoms with E-state index in [0.717, 1.165) is 34.6 Å². The Labute approximate surface area is 181 Å². The zero-order valence-corrected chi connectivity index (χ0v) is 18.1. The van der Waals surface area contributed by atoms with Crippen LogP contribution < -0.4 is 0 Å². The number of ether oxygens (including phenoxy) is 2. The van der Waals surface area contributed by atoms with Gasteiger partial charge < -0.3 is 19.0 Å². The van der Waals surface area contributed by atoms with Gasteiger partial charge in [-0.2, -0.15) is 0 Å². The first kappa shape index (κ1) is 21.3. The Morgan fingerprint density at radius 2 is 1.77 bits per heavy atom. The number of hydrogen-bond acceptors (Lipinski definition) is 5. The maximum Gasteiger partial charge on any atom is 0.364 e. The van der Waals surface area contributed by atoms with Crippen LogP contribution in [0, 0.1) is 19.8 Å². The first-order valence-electron chi connectivity index (χ1n) is 10.4. The lowest BCUT2D eigenvalue weighted by Gasteiger charge is -2.34. The molecule has 162 valence electrons. The van der Waals surface area contributed by atoms with Crippen LogP contribution in [-0.4, -0.2) is 35.1 Å². The molecule has 0 bridgehead atoms. The maximum atomic E-state index is 11.2. The van der Waals surface area contributed by atoms with Gasteiger partial charge in [0, 0.05) is 24.8 Å². The largest absolute Gasteiger partial charge is 0.477 e. The molecule has 1 saturated heterocycles. The molecule has 6 heteroatoms. The van der Waals surface area contributed by atoms with Gasteiger partial charge in [0.15, 0.2) is 0 Å². The highest BCUT2D eigenvalue weighted by molar-refractivity contribution is 5.75. The summed E-state index contributed by atoms with van der Waals surface area (Å²) in [6, 6.07) is 16.5. The molecule has 0 unspecified atom stereocenters. The molecular weight excluding hydrogens is 394 g/mol. The van der Waals surface area contributed by atoms with Crippen LogP contribution in [-0.2, 0) is 27.1 Å². The van der Waals surface area contributed by atoms with Gasteiger partial charge in [0.05, 0.1) is 18.9 Å². The molecule has 1 aromatic heterocycles. The van der Waals surface area contributed by atoms with Crippen molar-refractivity contribution < 1.29 is 23.8 Å². The normalized spacial score (nSPS) is 21.2. The van der Waals surface area contributed by atoms with E-state index in [1.165, 1.54) is 12.5 Å². The third kappa shape index (κ3) is 4.86. The fourth-order valence-electron chi connectivity index (χ4n) is 3.69. The van der Waals surface area contributed by atoms with Gasteiger partial charge in [0.25, 0.3) is 5.79 Å². The van der Waals surface area contributed by atoms with Crippen molar-refractivity contribution in [3.8, 4) is 11.5 Å². The molecule has 2 aromatic carbocycles. The summed E-state index contributed by atoms with van der Waals surface area (Å²) in [5.74, 6) is -1.06. The van der Waals surface area contributed by atoms with Crippen LogP contribution in [0.5, 0.6) is 0 Å². The molecule has 0 radical (unpaired) electrons. The summed E-state index contributed by atoms with van der Waals surface area (Å²) in [5.41, 5.74) is 5.41. The standard InChI is InChI=1S/C25H27NO5/c1-16-7-9-21(10-8-16)23-26-22(17(2)31-23)13-19-6-4-5-18(11-19)12-20-14-29-25(3,24(27)28)30-15-20/h4-11,20H,12-15H2,1-3H3,(H,27,28)/t20-,25+. The minimum Gasteiger partial charge on any atom is -0.477 e. The molecule has 0 atom stereocenters. The van der Waals surface area contributed by atoms with Gasteiger partial charge >= 0.3 is 5.97 Å². The zero-order valence-electron chi connectivity index (χ0n) is 18.1. The average Bonchev–Trinajstić information content (AvgIpc) is 3.11. The first-order chi connectivity index (χ1) is 14.8. The van der Waals surface area contributed by atoms with Gasteiger partial charge in [-0.3, -0.25) is 0 Å². The lowest BCUT2D eigenvalue weighted by Crippen LogP contribution is -2.48. The molecule has 1 N–H and O–H groups in total. The average molecular weight is 421 g/mol. The summed E-state index contributed by atoms with van der Waals surface area (Å²) >= 11 is 0. The molecule has 31 heavy (non-hydrogen) atoms. The van der Waals surface area contributed by atoms with E-state index in [2.05, 4.69) is 37.3 Å². The van der Waals surface area contributed by atoms with E-state index in [4.69, 9.17) is 18.9 Å². The van der Waals surface area contributed by atoms with Gasteiger partial charge in [-0.05, 0) is 43.5 Å². The van der Waals surface area contributed by atoms with Crippen LogP contribution in [0.2, 0.25) is 0 Å². The lowest BCUT2D eigenvalue weighted by atomic mass is 9.97. The van der Waals surface area contributed by atoms with Crippen LogP contribution in [0.25, 0.3) is 11.5 Å². The number of carbonyl (C=O) groups is 1. The molecular formula is C25H27NO5. The maximum absolute atomic E-state index is 11.2. The quantitative estimate of drug-likeness (QED) is 0.629. The number of nitrogens with zero attached hydrogens (tertiary/aromatic N) is 1. The number of oxazole rings is 1. The minimum absolute atomic E-state index is 0.115. The fourth-order valence-corrected chi connectivity index (χ4v) is 3.69. The molecule has 3 aromatic rings. The number of benzene rings is 2. The second kappa shape index (κ2) is 8.65. The van der Waals surface area contributed by atoms with Crippen LogP contribution >= 0.6 is 0 Å².